The van der Waals surface area contributed by atoms with Crippen LogP contribution in [-0.4, -0.2) is 34.6 Å². The van der Waals surface area contributed by atoms with Gasteiger partial charge >= 0.3 is 0 Å². The number of nitrogens with zero attached hydrogens (tertiary/aromatic N) is 1. The molecule has 0 bridgehead atoms. The van der Waals surface area contributed by atoms with Crippen LogP contribution in [0.2, 0.25) is 0 Å². The van der Waals surface area contributed by atoms with Gasteiger partial charge in [0, 0.05) is 18.7 Å². The second-order valence-electron chi connectivity index (χ2n) is 7.43. The van der Waals surface area contributed by atoms with E-state index >= 15 is 0 Å². The van der Waals surface area contributed by atoms with Crippen molar-refractivity contribution < 1.29 is 9.90 Å². The van der Waals surface area contributed by atoms with E-state index in [0.717, 1.165) is 12.0 Å². The molecule has 2 aromatic rings. The normalized spacial score (nSPS) is 16.7. The third-order valence-corrected chi connectivity index (χ3v) is 5.14. The van der Waals surface area contributed by atoms with Gasteiger partial charge in [-0.25, -0.2) is 0 Å². The van der Waals surface area contributed by atoms with Crippen molar-refractivity contribution in [3.05, 3.63) is 59.2 Å². The predicted octanol–water partition coefficient (Wildman–Crippen LogP) is 4.21. The summed E-state index contributed by atoms with van der Waals surface area (Å²) in [6.45, 7) is 7.36. The van der Waals surface area contributed by atoms with Gasteiger partial charge in [0.15, 0.2) is 0 Å². The minimum atomic E-state index is -0.636. The lowest BCUT2D eigenvalue weighted by Gasteiger charge is -2.35. The van der Waals surface area contributed by atoms with E-state index in [4.69, 9.17) is 0 Å². The lowest BCUT2D eigenvalue weighted by molar-refractivity contribution is -0.00202. The molecule has 0 radical (unpaired) electrons. The van der Waals surface area contributed by atoms with Crippen molar-refractivity contribution in [1.29, 1.82) is 0 Å². The molecular formula is C22H27NO2. The molecule has 25 heavy (non-hydrogen) atoms. The molecule has 132 valence electrons. The Morgan fingerprint density at radius 3 is 2.32 bits per heavy atom. The Kier molecular flexibility index (Phi) is 4.96. The maximum atomic E-state index is 12.7. The molecule has 0 unspecified atom stereocenters. The Balaban J connectivity index is 1.76. The number of amides is 1. The molecule has 0 spiro atoms. The first-order valence-corrected chi connectivity index (χ1v) is 9.10. The molecule has 1 amide bonds. The number of aryl methyl sites for hydroxylation is 2. The first kappa shape index (κ1) is 17.7. The highest BCUT2D eigenvalue weighted by atomic mass is 16.3. The summed E-state index contributed by atoms with van der Waals surface area (Å²) < 4.78 is 0. The number of hydrogen-bond donors (Lipinski definition) is 1. The molecule has 0 saturated carbocycles. The molecule has 1 saturated heterocycles. The number of carbonyl (C=O) groups excluding carboxylic acids is 1. The van der Waals surface area contributed by atoms with E-state index in [2.05, 4.69) is 32.0 Å². The summed E-state index contributed by atoms with van der Waals surface area (Å²) in [5, 5.41) is 10.0. The van der Waals surface area contributed by atoms with E-state index in [9.17, 15) is 9.90 Å². The molecule has 1 aliphatic rings. The molecule has 0 atom stereocenters. The SMILES string of the molecule is CCc1cc(C)cc(-c2ccc(C(=O)N3CCC(C)(O)CC3)cc2)c1. The van der Waals surface area contributed by atoms with Crippen molar-refractivity contribution in [2.45, 2.75) is 45.6 Å². The topological polar surface area (TPSA) is 40.5 Å². The maximum Gasteiger partial charge on any atom is 0.253 e. The molecule has 3 rings (SSSR count). The maximum absolute atomic E-state index is 12.7. The Labute approximate surface area is 150 Å². The monoisotopic (exact) mass is 337 g/mol. The molecule has 1 heterocycles. The summed E-state index contributed by atoms with van der Waals surface area (Å²) in [7, 11) is 0. The van der Waals surface area contributed by atoms with Gasteiger partial charge in [-0.15, -0.1) is 0 Å². The summed E-state index contributed by atoms with van der Waals surface area (Å²) in [5.74, 6) is 0.0561. The molecule has 2 aromatic carbocycles. The summed E-state index contributed by atoms with van der Waals surface area (Å²) in [5.41, 5.74) is 5.00. The third kappa shape index (κ3) is 4.10. The Hall–Kier alpha value is -2.13. The van der Waals surface area contributed by atoms with Crippen LogP contribution in [0.3, 0.4) is 0 Å². The third-order valence-electron chi connectivity index (χ3n) is 5.14. The van der Waals surface area contributed by atoms with Gasteiger partial charge in [-0.1, -0.05) is 42.8 Å². The predicted molar refractivity (Wildman–Crippen MR) is 102 cm³/mol. The van der Waals surface area contributed by atoms with Crippen LogP contribution in [0, 0.1) is 6.92 Å². The zero-order chi connectivity index (χ0) is 18.0. The van der Waals surface area contributed by atoms with Crippen LogP contribution in [0.4, 0.5) is 0 Å². The van der Waals surface area contributed by atoms with Crippen LogP contribution in [0.25, 0.3) is 11.1 Å². The standard InChI is InChI=1S/C22H27NO2/c1-4-17-13-16(2)14-20(15-17)18-5-7-19(8-6-18)21(24)23-11-9-22(3,25)10-12-23/h5-8,13-15,25H,4,9-12H2,1-3H3. The van der Waals surface area contributed by atoms with Gasteiger partial charge in [0.2, 0.25) is 0 Å². The largest absolute Gasteiger partial charge is 0.390 e. The molecule has 1 fully saturated rings. The smallest absolute Gasteiger partial charge is 0.253 e. The lowest BCUT2D eigenvalue weighted by Crippen LogP contribution is -2.45. The average Bonchev–Trinajstić information content (AvgIpc) is 2.60. The highest BCUT2D eigenvalue weighted by Crippen LogP contribution is 2.25. The van der Waals surface area contributed by atoms with Crippen molar-refractivity contribution in [3.63, 3.8) is 0 Å². The zero-order valence-electron chi connectivity index (χ0n) is 15.4. The number of benzene rings is 2. The van der Waals surface area contributed by atoms with Crippen LogP contribution in [0.15, 0.2) is 42.5 Å². The zero-order valence-corrected chi connectivity index (χ0v) is 15.4. The fraction of sp³-hybridized carbons (Fsp3) is 0.409. The van der Waals surface area contributed by atoms with Gasteiger partial charge in [-0.05, 0) is 61.9 Å². The molecule has 0 aliphatic carbocycles. The van der Waals surface area contributed by atoms with Crippen molar-refractivity contribution in [2.75, 3.05) is 13.1 Å². The van der Waals surface area contributed by atoms with Crippen LogP contribution in [-0.2, 0) is 6.42 Å². The number of aliphatic hydroxyl groups is 1. The molecule has 3 nitrogen and oxygen atoms in total. The summed E-state index contributed by atoms with van der Waals surface area (Å²) in [6.07, 6.45) is 2.30. The van der Waals surface area contributed by atoms with E-state index in [1.807, 2.05) is 36.1 Å². The van der Waals surface area contributed by atoms with Gasteiger partial charge in [-0.2, -0.15) is 0 Å². The first-order valence-electron chi connectivity index (χ1n) is 9.10. The van der Waals surface area contributed by atoms with Crippen molar-refractivity contribution in [3.8, 4) is 11.1 Å². The van der Waals surface area contributed by atoms with Crippen molar-refractivity contribution in [2.24, 2.45) is 0 Å². The number of hydrogen-bond acceptors (Lipinski definition) is 2. The van der Waals surface area contributed by atoms with Gasteiger partial charge in [0.25, 0.3) is 5.91 Å². The van der Waals surface area contributed by atoms with Crippen molar-refractivity contribution in [1.82, 2.24) is 4.90 Å². The second-order valence-corrected chi connectivity index (χ2v) is 7.43. The summed E-state index contributed by atoms with van der Waals surface area (Å²) in [6, 6.07) is 14.5. The highest BCUT2D eigenvalue weighted by molar-refractivity contribution is 5.94. The lowest BCUT2D eigenvalue weighted by atomic mass is 9.93. The van der Waals surface area contributed by atoms with Crippen LogP contribution < -0.4 is 0 Å². The molecule has 3 heteroatoms. The van der Waals surface area contributed by atoms with Crippen LogP contribution in [0.5, 0.6) is 0 Å². The second kappa shape index (κ2) is 7.01. The minimum absolute atomic E-state index is 0.0561. The fourth-order valence-electron chi connectivity index (χ4n) is 3.41. The Bertz CT molecular complexity index is 752. The fourth-order valence-corrected chi connectivity index (χ4v) is 3.41. The highest BCUT2D eigenvalue weighted by Gasteiger charge is 2.29. The van der Waals surface area contributed by atoms with E-state index < -0.39 is 5.60 Å². The van der Waals surface area contributed by atoms with E-state index in [1.165, 1.54) is 16.7 Å². The van der Waals surface area contributed by atoms with E-state index in [1.54, 1.807) is 0 Å². The van der Waals surface area contributed by atoms with Crippen LogP contribution in [0.1, 0.15) is 48.2 Å². The molecule has 1 aliphatic heterocycles. The average molecular weight is 337 g/mol. The first-order chi connectivity index (χ1) is 11.9. The van der Waals surface area contributed by atoms with Gasteiger partial charge in [-0.3, -0.25) is 4.79 Å². The van der Waals surface area contributed by atoms with Gasteiger partial charge < -0.3 is 10.0 Å². The minimum Gasteiger partial charge on any atom is -0.390 e. The quantitative estimate of drug-likeness (QED) is 0.911. The Morgan fingerprint density at radius 1 is 1.08 bits per heavy atom. The van der Waals surface area contributed by atoms with E-state index in [-0.39, 0.29) is 5.91 Å². The summed E-state index contributed by atoms with van der Waals surface area (Å²) >= 11 is 0. The molecule has 1 N–H and O–H groups in total. The number of piperidine rings is 1. The van der Waals surface area contributed by atoms with Crippen LogP contribution >= 0.6 is 0 Å². The summed E-state index contributed by atoms with van der Waals surface area (Å²) in [4.78, 5) is 14.5. The number of carbonyl (C=O) groups is 1. The van der Waals surface area contributed by atoms with E-state index in [0.29, 0.717) is 31.5 Å². The molecular weight excluding hydrogens is 310 g/mol. The van der Waals surface area contributed by atoms with Gasteiger partial charge in [0.1, 0.15) is 0 Å². The number of likely N-dealkylation sites (tertiary alicyclic amines) is 1. The Morgan fingerprint density at radius 2 is 1.72 bits per heavy atom. The number of rotatable bonds is 3. The van der Waals surface area contributed by atoms with Gasteiger partial charge in [0.05, 0.1) is 5.60 Å². The molecule has 0 aromatic heterocycles. The van der Waals surface area contributed by atoms with Crippen molar-refractivity contribution >= 4 is 5.91 Å².